The summed E-state index contributed by atoms with van der Waals surface area (Å²) in [6.45, 7) is 8.97. The summed E-state index contributed by atoms with van der Waals surface area (Å²) in [5.74, 6) is 1.03. The molecular formula is C22H29NO2S. The molecule has 0 amide bonds. The van der Waals surface area contributed by atoms with E-state index in [1.54, 1.807) is 0 Å². The molecule has 3 nitrogen and oxygen atoms in total. The first-order valence-electron chi connectivity index (χ1n) is 9.46. The Balaban J connectivity index is 2.12. The maximum Gasteiger partial charge on any atom is 0.183 e. The number of benzene rings is 1. The third-order valence-electron chi connectivity index (χ3n) is 4.90. The summed E-state index contributed by atoms with van der Waals surface area (Å²) in [7, 11) is 0. The maximum absolute atomic E-state index is 10.5. The van der Waals surface area contributed by atoms with Crippen molar-refractivity contribution in [2.75, 3.05) is 12.4 Å². The number of aliphatic hydroxyl groups excluding tert-OH is 1. The SMILES string of the molecule is CCOC(O)c1cc([C@H](SCC)c2ccc(C)cc2)n2c1C=CCC2C. The second-order valence-electron chi connectivity index (χ2n) is 6.82. The van der Waals surface area contributed by atoms with Crippen molar-refractivity contribution < 1.29 is 9.84 Å². The molecule has 3 atom stereocenters. The van der Waals surface area contributed by atoms with E-state index in [2.05, 4.69) is 67.8 Å². The highest BCUT2D eigenvalue weighted by atomic mass is 32.2. The monoisotopic (exact) mass is 371 g/mol. The molecule has 0 spiro atoms. The number of rotatable bonds is 7. The quantitative estimate of drug-likeness (QED) is 0.639. The summed E-state index contributed by atoms with van der Waals surface area (Å²) >= 11 is 1.93. The summed E-state index contributed by atoms with van der Waals surface area (Å²) in [6, 6.07) is 11.3. The number of nitrogens with zero attached hydrogens (tertiary/aromatic N) is 1. The van der Waals surface area contributed by atoms with Crippen LogP contribution < -0.4 is 0 Å². The van der Waals surface area contributed by atoms with Crippen LogP contribution in [0.1, 0.15) is 72.9 Å². The van der Waals surface area contributed by atoms with Crippen LogP contribution in [0.25, 0.3) is 6.08 Å². The van der Waals surface area contributed by atoms with Gasteiger partial charge in [-0.2, -0.15) is 0 Å². The molecule has 2 heterocycles. The predicted molar refractivity (Wildman–Crippen MR) is 111 cm³/mol. The first kappa shape index (κ1) is 19.3. The van der Waals surface area contributed by atoms with Crippen LogP contribution in [0.15, 0.2) is 36.4 Å². The summed E-state index contributed by atoms with van der Waals surface area (Å²) in [6.07, 6.45) is 4.45. The molecule has 0 radical (unpaired) electrons. The van der Waals surface area contributed by atoms with Gasteiger partial charge < -0.3 is 14.4 Å². The fraction of sp³-hybridized carbons (Fsp3) is 0.455. The van der Waals surface area contributed by atoms with E-state index in [1.165, 1.54) is 16.8 Å². The zero-order valence-electron chi connectivity index (χ0n) is 16.1. The van der Waals surface area contributed by atoms with E-state index in [9.17, 15) is 5.11 Å². The molecule has 140 valence electrons. The Morgan fingerprint density at radius 3 is 2.65 bits per heavy atom. The number of hydrogen-bond donors (Lipinski definition) is 1. The van der Waals surface area contributed by atoms with Crippen LogP contribution >= 0.6 is 11.8 Å². The number of hydrogen-bond acceptors (Lipinski definition) is 3. The minimum atomic E-state index is -0.879. The lowest BCUT2D eigenvalue weighted by molar-refractivity contribution is -0.0981. The predicted octanol–water partition coefficient (Wildman–Crippen LogP) is 5.64. The molecule has 26 heavy (non-hydrogen) atoms. The Bertz CT molecular complexity index is 763. The number of thioether (sulfide) groups is 1. The Labute approximate surface area is 161 Å². The Morgan fingerprint density at radius 1 is 1.27 bits per heavy atom. The van der Waals surface area contributed by atoms with Crippen molar-refractivity contribution in [3.8, 4) is 0 Å². The molecule has 0 fully saturated rings. The highest BCUT2D eigenvalue weighted by Crippen LogP contribution is 2.42. The second-order valence-corrected chi connectivity index (χ2v) is 8.20. The molecule has 0 saturated carbocycles. The van der Waals surface area contributed by atoms with Crippen LogP contribution in [-0.4, -0.2) is 22.0 Å². The van der Waals surface area contributed by atoms with E-state index >= 15 is 0 Å². The standard InChI is InChI=1S/C22H29NO2S/c1-5-25-22(24)18-14-20(23-16(4)8-7-9-19(18)23)21(26-6-2)17-12-10-15(3)11-13-17/h7,9-14,16,21-22,24H,5-6,8H2,1-4H3/t16?,21-,22?/m1/s1. The first-order chi connectivity index (χ1) is 12.6. The largest absolute Gasteiger partial charge is 0.364 e. The van der Waals surface area contributed by atoms with Gasteiger partial charge in [-0.15, -0.1) is 11.8 Å². The molecule has 1 N–H and O–H groups in total. The molecule has 1 aromatic heterocycles. The number of aliphatic hydroxyl groups is 1. The highest BCUT2D eigenvalue weighted by Gasteiger charge is 2.28. The average molecular weight is 372 g/mol. The van der Waals surface area contributed by atoms with Crippen molar-refractivity contribution in [1.29, 1.82) is 0 Å². The van der Waals surface area contributed by atoms with Crippen molar-refractivity contribution in [3.05, 3.63) is 64.5 Å². The number of aryl methyl sites for hydroxylation is 1. The molecule has 1 aromatic carbocycles. The third kappa shape index (κ3) is 3.78. The number of allylic oxidation sites excluding steroid dienone is 1. The van der Waals surface area contributed by atoms with E-state index in [4.69, 9.17) is 4.74 Å². The summed E-state index contributed by atoms with van der Waals surface area (Å²) in [4.78, 5) is 0. The van der Waals surface area contributed by atoms with E-state index in [1.807, 2.05) is 18.7 Å². The number of aromatic nitrogens is 1. The van der Waals surface area contributed by atoms with Crippen LogP contribution in [0.5, 0.6) is 0 Å². The number of fused-ring (bicyclic) bond motifs is 1. The van der Waals surface area contributed by atoms with Crippen molar-refractivity contribution in [2.45, 2.75) is 51.7 Å². The van der Waals surface area contributed by atoms with Gasteiger partial charge in [-0.1, -0.05) is 42.8 Å². The van der Waals surface area contributed by atoms with E-state index in [-0.39, 0.29) is 5.25 Å². The Morgan fingerprint density at radius 2 is 2.00 bits per heavy atom. The normalized spacial score (nSPS) is 18.6. The maximum atomic E-state index is 10.5. The lowest BCUT2D eigenvalue weighted by Crippen LogP contribution is -2.15. The zero-order chi connectivity index (χ0) is 18.7. The lowest BCUT2D eigenvalue weighted by atomic mass is 10.1. The minimum absolute atomic E-state index is 0.246. The van der Waals surface area contributed by atoms with Gasteiger partial charge in [0.1, 0.15) is 0 Å². The molecule has 1 aliphatic heterocycles. The van der Waals surface area contributed by atoms with Gasteiger partial charge in [0.05, 0.1) is 5.25 Å². The first-order valence-corrected chi connectivity index (χ1v) is 10.5. The highest BCUT2D eigenvalue weighted by molar-refractivity contribution is 7.99. The van der Waals surface area contributed by atoms with Gasteiger partial charge in [0, 0.05) is 29.6 Å². The fourth-order valence-electron chi connectivity index (χ4n) is 3.64. The van der Waals surface area contributed by atoms with Crippen LogP contribution in [0.4, 0.5) is 0 Å². The second kappa shape index (κ2) is 8.47. The third-order valence-corrected chi connectivity index (χ3v) is 6.08. The van der Waals surface area contributed by atoms with Gasteiger partial charge in [0.25, 0.3) is 0 Å². The van der Waals surface area contributed by atoms with Crippen LogP contribution in [0, 0.1) is 6.92 Å². The minimum Gasteiger partial charge on any atom is -0.364 e. The topological polar surface area (TPSA) is 34.4 Å². The summed E-state index contributed by atoms with van der Waals surface area (Å²) in [5, 5.41) is 10.8. The van der Waals surface area contributed by atoms with E-state index in [0.717, 1.165) is 23.4 Å². The molecule has 1 aliphatic rings. The molecule has 0 bridgehead atoms. The van der Waals surface area contributed by atoms with Crippen LogP contribution in [0.2, 0.25) is 0 Å². The molecule has 3 rings (SSSR count). The van der Waals surface area contributed by atoms with Crippen molar-refractivity contribution in [2.24, 2.45) is 0 Å². The molecule has 2 aromatic rings. The molecule has 2 unspecified atom stereocenters. The van der Waals surface area contributed by atoms with Crippen molar-refractivity contribution >= 4 is 17.8 Å². The summed E-state index contributed by atoms with van der Waals surface area (Å²) < 4.78 is 7.90. The Kier molecular flexibility index (Phi) is 6.28. The average Bonchev–Trinajstić information content (AvgIpc) is 3.02. The van der Waals surface area contributed by atoms with E-state index in [0.29, 0.717) is 12.6 Å². The van der Waals surface area contributed by atoms with Gasteiger partial charge in [-0.3, -0.25) is 0 Å². The molecular weight excluding hydrogens is 342 g/mol. The van der Waals surface area contributed by atoms with Crippen LogP contribution in [-0.2, 0) is 4.74 Å². The van der Waals surface area contributed by atoms with Gasteiger partial charge in [0.2, 0.25) is 0 Å². The van der Waals surface area contributed by atoms with Crippen molar-refractivity contribution in [1.82, 2.24) is 4.57 Å². The van der Waals surface area contributed by atoms with Gasteiger partial charge >= 0.3 is 0 Å². The summed E-state index contributed by atoms with van der Waals surface area (Å²) in [5.41, 5.74) is 5.78. The molecule has 4 heteroatoms. The lowest BCUT2D eigenvalue weighted by Gasteiger charge is -2.26. The number of ether oxygens (including phenoxy) is 1. The smallest absolute Gasteiger partial charge is 0.183 e. The molecule has 0 aliphatic carbocycles. The zero-order valence-corrected chi connectivity index (χ0v) is 16.9. The Hall–Kier alpha value is -1.49. The van der Waals surface area contributed by atoms with Gasteiger partial charge in [-0.05, 0) is 50.7 Å². The van der Waals surface area contributed by atoms with Crippen molar-refractivity contribution in [3.63, 3.8) is 0 Å². The molecule has 0 saturated heterocycles. The van der Waals surface area contributed by atoms with Crippen LogP contribution in [0.3, 0.4) is 0 Å². The fourth-order valence-corrected chi connectivity index (χ4v) is 4.67. The van der Waals surface area contributed by atoms with Gasteiger partial charge in [-0.25, -0.2) is 0 Å². The van der Waals surface area contributed by atoms with E-state index < -0.39 is 6.29 Å². The van der Waals surface area contributed by atoms with Gasteiger partial charge in [0.15, 0.2) is 6.29 Å².